The molecular formula is C22H16F3N3O3S. The molecule has 0 fully saturated rings. The van der Waals surface area contributed by atoms with Crippen molar-refractivity contribution in [2.75, 3.05) is 0 Å². The van der Waals surface area contributed by atoms with Gasteiger partial charge in [-0.3, -0.25) is 4.79 Å². The lowest BCUT2D eigenvalue weighted by molar-refractivity contribution is -0.274. The molecule has 0 radical (unpaired) electrons. The maximum atomic E-state index is 12.9. The Morgan fingerprint density at radius 1 is 1.03 bits per heavy atom. The Hall–Kier alpha value is -3.53. The lowest BCUT2D eigenvalue weighted by Crippen LogP contribution is -2.24. The van der Waals surface area contributed by atoms with Crippen molar-refractivity contribution in [3.63, 3.8) is 0 Å². The minimum Gasteiger partial charge on any atom is -0.451 e. The number of halogens is 3. The SMILES string of the molecule is O=C(NCc1ccccc1OC(F)(F)F)c1oc2ccccc2c1CSc1ncccn1. The fourth-order valence-corrected chi connectivity index (χ4v) is 3.88. The lowest BCUT2D eigenvalue weighted by atomic mass is 10.1. The molecule has 6 nitrogen and oxygen atoms in total. The molecule has 0 saturated carbocycles. The van der Waals surface area contributed by atoms with Gasteiger partial charge in [-0.05, 0) is 18.2 Å². The van der Waals surface area contributed by atoms with Gasteiger partial charge >= 0.3 is 6.36 Å². The summed E-state index contributed by atoms with van der Waals surface area (Å²) in [6, 6.07) is 14.5. The van der Waals surface area contributed by atoms with E-state index in [9.17, 15) is 18.0 Å². The largest absolute Gasteiger partial charge is 0.573 e. The van der Waals surface area contributed by atoms with Crippen molar-refractivity contribution < 1.29 is 27.1 Å². The van der Waals surface area contributed by atoms with E-state index >= 15 is 0 Å². The second kappa shape index (κ2) is 9.31. The van der Waals surface area contributed by atoms with Crippen LogP contribution in [-0.4, -0.2) is 22.2 Å². The van der Waals surface area contributed by atoms with Gasteiger partial charge in [-0.2, -0.15) is 0 Å². The summed E-state index contributed by atoms with van der Waals surface area (Å²) in [5.41, 5.74) is 1.36. The zero-order chi connectivity index (χ0) is 22.6. The molecule has 0 aliphatic rings. The van der Waals surface area contributed by atoms with Gasteiger partial charge in [0.1, 0.15) is 11.3 Å². The third-order valence-electron chi connectivity index (χ3n) is 4.43. The van der Waals surface area contributed by atoms with E-state index < -0.39 is 12.3 Å². The number of benzene rings is 2. The molecule has 10 heteroatoms. The van der Waals surface area contributed by atoms with Crippen LogP contribution in [0, 0.1) is 0 Å². The van der Waals surface area contributed by atoms with E-state index in [2.05, 4.69) is 20.0 Å². The minimum absolute atomic E-state index is 0.0869. The molecule has 0 atom stereocenters. The summed E-state index contributed by atoms with van der Waals surface area (Å²) in [6.45, 7) is -0.170. The Morgan fingerprint density at radius 3 is 2.53 bits per heavy atom. The highest BCUT2D eigenvalue weighted by Gasteiger charge is 2.32. The van der Waals surface area contributed by atoms with E-state index in [1.807, 2.05) is 12.1 Å². The Kier molecular flexibility index (Phi) is 6.31. The molecule has 1 N–H and O–H groups in total. The van der Waals surface area contributed by atoms with Crippen LogP contribution in [0.5, 0.6) is 5.75 Å². The van der Waals surface area contributed by atoms with Crippen molar-refractivity contribution in [3.8, 4) is 5.75 Å². The van der Waals surface area contributed by atoms with Crippen LogP contribution in [0.1, 0.15) is 21.7 Å². The molecule has 164 valence electrons. The van der Waals surface area contributed by atoms with Crippen LogP contribution in [0.25, 0.3) is 11.0 Å². The van der Waals surface area contributed by atoms with Crippen molar-refractivity contribution in [1.29, 1.82) is 0 Å². The normalized spacial score (nSPS) is 11.5. The van der Waals surface area contributed by atoms with Gasteiger partial charge in [0.2, 0.25) is 0 Å². The monoisotopic (exact) mass is 459 g/mol. The first kappa shape index (κ1) is 21.7. The lowest BCUT2D eigenvalue weighted by Gasteiger charge is -2.13. The Balaban J connectivity index is 1.55. The van der Waals surface area contributed by atoms with Gasteiger partial charge in [-0.1, -0.05) is 48.2 Å². The molecule has 2 aromatic heterocycles. The number of amides is 1. The van der Waals surface area contributed by atoms with Crippen molar-refractivity contribution in [1.82, 2.24) is 15.3 Å². The van der Waals surface area contributed by atoms with Gasteiger partial charge in [-0.25, -0.2) is 9.97 Å². The predicted molar refractivity (Wildman–Crippen MR) is 112 cm³/mol. The first-order valence-electron chi connectivity index (χ1n) is 9.43. The fraction of sp³-hybridized carbons (Fsp3) is 0.136. The van der Waals surface area contributed by atoms with E-state index in [0.29, 0.717) is 22.1 Å². The molecule has 0 aliphatic carbocycles. The standard InChI is InChI=1S/C22H16F3N3O3S/c23-22(24,25)31-17-8-3-1-6-14(17)12-28-20(29)19-16(13-32-21-26-10-5-11-27-21)15-7-2-4-9-18(15)30-19/h1-11H,12-13H2,(H,28,29). The zero-order valence-electron chi connectivity index (χ0n) is 16.4. The quantitative estimate of drug-likeness (QED) is 0.297. The van der Waals surface area contributed by atoms with Gasteiger partial charge in [-0.15, -0.1) is 13.2 Å². The number of carbonyl (C=O) groups excluding carboxylic acids is 1. The molecule has 0 bridgehead atoms. The molecule has 4 rings (SSSR count). The number of fused-ring (bicyclic) bond motifs is 1. The van der Waals surface area contributed by atoms with Crippen LogP contribution in [0.15, 0.2) is 76.6 Å². The summed E-state index contributed by atoms with van der Waals surface area (Å²) >= 11 is 1.34. The van der Waals surface area contributed by atoms with E-state index in [1.54, 1.807) is 36.7 Å². The van der Waals surface area contributed by atoms with Crippen molar-refractivity contribution in [2.24, 2.45) is 0 Å². The predicted octanol–water partition coefficient (Wildman–Crippen LogP) is 5.34. The molecule has 0 unspecified atom stereocenters. The molecule has 0 saturated heterocycles. The number of furan rings is 1. The number of ether oxygens (including phenoxy) is 1. The van der Waals surface area contributed by atoms with E-state index in [-0.39, 0.29) is 23.6 Å². The number of hydrogen-bond donors (Lipinski definition) is 1. The van der Waals surface area contributed by atoms with Crippen molar-refractivity contribution >= 4 is 28.6 Å². The van der Waals surface area contributed by atoms with Crippen LogP contribution >= 0.6 is 11.8 Å². The second-order valence-electron chi connectivity index (χ2n) is 6.56. The van der Waals surface area contributed by atoms with Crippen LogP contribution < -0.4 is 10.1 Å². The van der Waals surface area contributed by atoms with Crippen LogP contribution in [0.3, 0.4) is 0 Å². The van der Waals surface area contributed by atoms with Gasteiger partial charge in [0, 0.05) is 41.2 Å². The number of aromatic nitrogens is 2. The molecular weight excluding hydrogens is 443 g/mol. The van der Waals surface area contributed by atoms with E-state index in [4.69, 9.17) is 4.42 Å². The fourth-order valence-electron chi connectivity index (χ4n) is 3.05. The maximum absolute atomic E-state index is 12.9. The number of nitrogens with zero attached hydrogens (tertiary/aromatic N) is 2. The second-order valence-corrected chi connectivity index (χ2v) is 7.51. The third kappa shape index (κ3) is 5.20. The smallest absolute Gasteiger partial charge is 0.451 e. The van der Waals surface area contributed by atoms with Crippen LogP contribution in [-0.2, 0) is 12.3 Å². The first-order chi connectivity index (χ1) is 15.4. The maximum Gasteiger partial charge on any atom is 0.573 e. The van der Waals surface area contributed by atoms with Gasteiger partial charge < -0.3 is 14.5 Å². The highest BCUT2D eigenvalue weighted by Crippen LogP contribution is 2.31. The van der Waals surface area contributed by atoms with E-state index in [1.165, 1.54) is 30.0 Å². The van der Waals surface area contributed by atoms with Gasteiger partial charge in [0.05, 0.1) is 0 Å². The average molecular weight is 459 g/mol. The van der Waals surface area contributed by atoms with Crippen molar-refractivity contribution in [2.45, 2.75) is 23.8 Å². The Bertz CT molecular complexity index is 1230. The van der Waals surface area contributed by atoms with Crippen LogP contribution in [0.4, 0.5) is 13.2 Å². The minimum atomic E-state index is -4.83. The van der Waals surface area contributed by atoms with E-state index in [0.717, 1.165) is 5.39 Å². The molecule has 2 heterocycles. The summed E-state index contributed by atoms with van der Waals surface area (Å²) in [5.74, 6) is -0.462. The number of alkyl halides is 3. The highest BCUT2D eigenvalue weighted by atomic mass is 32.2. The molecule has 0 aliphatic heterocycles. The molecule has 0 spiro atoms. The number of nitrogens with one attached hydrogen (secondary N) is 1. The third-order valence-corrected chi connectivity index (χ3v) is 5.33. The summed E-state index contributed by atoms with van der Waals surface area (Å²) in [7, 11) is 0. The summed E-state index contributed by atoms with van der Waals surface area (Å²) in [6.07, 6.45) is -1.59. The van der Waals surface area contributed by atoms with Crippen molar-refractivity contribution in [3.05, 3.63) is 83.9 Å². The number of rotatable bonds is 7. The first-order valence-corrected chi connectivity index (χ1v) is 10.4. The summed E-state index contributed by atoms with van der Waals surface area (Å²) in [5, 5.41) is 3.93. The number of thioether (sulfide) groups is 1. The van der Waals surface area contributed by atoms with Crippen LogP contribution in [0.2, 0.25) is 0 Å². The number of carbonyl (C=O) groups is 1. The average Bonchev–Trinajstić information content (AvgIpc) is 3.15. The topological polar surface area (TPSA) is 77.2 Å². The molecule has 1 amide bonds. The molecule has 4 aromatic rings. The Labute approximate surface area is 184 Å². The molecule has 2 aromatic carbocycles. The Morgan fingerprint density at radius 2 is 1.75 bits per heavy atom. The number of hydrogen-bond acceptors (Lipinski definition) is 6. The highest BCUT2D eigenvalue weighted by molar-refractivity contribution is 7.98. The van der Waals surface area contributed by atoms with Gasteiger partial charge in [0.15, 0.2) is 10.9 Å². The number of para-hydroxylation sites is 2. The summed E-state index contributed by atoms with van der Waals surface area (Å²) < 4.78 is 47.7. The molecule has 32 heavy (non-hydrogen) atoms. The summed E-state index contributed by atoms with van der Waals surface area (Å²) in [4.78, 5) is 21.2. The zero-order valence-corrected chi connectivity index (χ0v) is 17.2. The van der Waals surface area contributed by atoms with Gasteiger partial charge in [0.25, 0.3) is 5.91 Å².